The molecule has 0 bridgehead atoms. The fourth-order valence-corrected chi connectivity index (χ4v) is 2.43. The Labute approximate surface area is 113 Å². The Balaban J connectivity index is 1.73. The number of carbonyl (C=O) groups is 1. The average molecular weight is 267 g/mol. The fourth-order valence-electron chi connectivity index (χ4n) is 2.22. The normalized spacial score (nSPS) is 19.5. The van der Waals surface area contributed by atoms with Crippen LogP contribution in [-0.2, 0) is 11.2 Å². The molecule has 2 N–H and O–H groups in total. The van der Waals surface area contributed by atoms with Gasteiger partial charge in [0.2, 0.25) is 5.91 Å². The first kappa shape index (κ1) is 13.4. The van der Waals surface area contributed by atoms with E-state index in [0.29, 0.717) is 6.54 Å². The Morgan fingerprint density at radius 3 is 3.06 bits per heavy atom. The summed E-state index contributed by atoms with van der Waals surface area (Å²) in [6, 6.07) is 7.75. The van der Waals surface area contributed by atoms with Crippen LogP contribution in [0.15, 0.2) is 24.3 Å². The summed E-state index contributed by atoms with van der Waals surface area (Å²) < 4.78 is 0. The number of benzene rings is 1. The minimum atomic E-state index is -0.00175. The third-order valence-electron chi connectivity index (χ3n) is 3.23. The number of carbonyl (C=O) groups excluding carboxylic acids is 1. The second kappa shape index (κ2) is 6.76. The minimum absolute atomic E-state index is 0.00175. The molecule has 1 saturated heterocycles. The summed E-state index contributed by atoms with van der Waals surface area (Å²) in [5, 5.41) is 6.96. The van der Waals surface area contributed by atoms with E-state index in [-0.39, 0.29) is 11.9 Å². The molecule has 0 aliphatic carbocycles. The summed E-state index contributed by atoms with van der Waals surface area (Å²) in [7, 11) is 0. The highest BCUT2D eigenvalue weighted by atomic mass is 35.5. The molecule has 0 spiro atoms. The molecule has 1 aliphatic rings. The van der Waals surface area contributed by atoms with Crippen molar-refractivity contribution in [1.82, 2.24) is 10.6 Å². The highest BCUT2D eigenvalue weighted by molar-refractivity contribution is 6.30. The van der Waals surface area contributed by atoms with Crippen molar-refractivity contribution in [3.63, 3.8) is 0 Å². The van der Waals surface area contributed by atoms with Gasteiger partial charge in [0.1, 0.15) is 0 Å². The first-order valence-electron chi connectivity index (χ1n) is 6.51. The molecule has 2 rings (SSSR count). The van der Waals surface area contributed by atoms with Gasteiger partial charge in [-0.3, -0.25) is 4.79 Å². The first-order chi connectivity index (χ1) is 8.75. The topological polar surface area (TPSA) is 41.1 Å². The number of hydrogen-bond donors (Lipinski definition) is 2. The number of nitrogens with one attached hydrogen (secondary N) is 2. The van der Waals surface area contributed by atoms with Crippen molar-refractivity contribution in [2.75, 3.05) is 13.1 Å². The van der Waals surface area contributed by atoms with Crippen LogP contribution in [0.1, 0.15) is 24.8 Å². The Morgan fingerprint density at radius 1 is 1.44 bits per heavy atom. The van der Waals surface area contributed by atoms with E-state index in [2.05, 4.69) is 10.6 Å². The van der Waals surface area contributed by atoms with Gasteiger partial charge in [-0.1, -0.05) is 30.2 Å². The zero-order chi connectivity index (χ0) is 12.8. The highest BCUT2D eigenvalue weighted by Crippen LogP contribution is 2.11. The fraction of sp³-hybridized carbons (Fsp3) is 0.500. The molecule has 18 heavy (non-hydrogen) atoms. The van der Waals surface area contributed by atoms with Crippen LogP contribution in [0.5, 0.6) is 0 Å². The molecule has 4 heteroatoms. The molecule has 1 amide bonds. The lowest BCUT2D eigenvalue weighted by Crippen LogP contribution is -2.47. The Hall–Kier alpha value is -1.06. The lowest BCUT2D eigenvalue weighted by atomic mass is 10.0. The number of amides is 1. The van der Waals surface area contributed by atoms with Crippen LogP contribution in [-0.4, -0.2) is 25.0 Å². The van der Waals surface area contributed by atoms with Gasteiger partial charge in [0.25, 0.3) is 0 Å². The SMILES string of the molecule is O=C(NCCc1cccc(Cl)c1)C1CCCCN1. The van der Waals surface area contributed by atoms with Crippen LogP contribution in [0.25, 0.3) is 0 Å². The molecule has 1 heterocycles. The van der Waals surface area contributed by atoms with E-state index in [1.165, 1.54) is 6.42 Å². The van der Waals surface area contributed by atoms with Gasteiger partial charge in [-0.15, -0.1) is 0 Å². The van der Waals surface area contributed by atoms with E-state index in [4.69, 9.17) is 11.6 Å². The van der Waals surface area contributed by atoms with E-state index in [1.807, 2.05) is 24.3 Å². The summed E-state index contributed by atoms with van der Waals surface area (Å²) >= 11 is 5.91. The van der Waals surface area contributed by atoms with Crippen molar-refractivity contribution in [2.45, 2.75) is 31.7 Å². The maximum Gasteiger partial charge on any atom is 0.237 e. The van der Waals surface area contributed by atoms with Gasteiger partial charge >= 0.3 is 0 Å². The number of hydrogen-bond acceptors (Lipinski definition) is 2. The average Bonchev–Trinajstić information content (AvgIpc) is 2.40. The largest absolute Gasteiger partial charge is 0.354 e. The van der Waals surface area contributed by atoms with Crippen LogP contribution in [0.2, 0.25) is 5.02 Å². The third-order valence-corrected chi connectivity index (χ3v) is 3.46. The number of rotatable bonds is 4. The predicted molar refractivity (Wildman–Crippen MR) is 73.8 cm³/mol. The molecule has 1 fully saturated rings. The Bertz CT molecular complexity index is 403. The van der Waals surface area contributed by atoms with Crippen molar-refractivity contribution >= 4 is 17.5 Å². The number of piperidine rings is 1. The van der Waals surface area contributed by atoms with Crippen molar-refractivity contribution in [3.8, 4) is 0 Å². The molecule has 0 saturated carbocycles. The Morgan fingerprint density at radius 2 is 2.33 bits per heavy atom. The summed E-state index contributed by atoms with van der Waals surface area (Å²) in [6.45, 7) is 1.61. The van der Waals surface area contributed by atoms with Gasteiger partial charge in [-0.05, 0) is 43.5 Å². The summed E-state index contributed by atoms with van der Waals surface area (Å²) in [5.74, 6) is 0.122. The van der Waals surface area contributed by atoms with E-state index in [0.717, 1.165) is 36.4 Å². The highest BCUT2D eigenvalue weighted by Gasteiger charge is 2.19. The summed E-state index contributed by atoms with van der Waals surface area (Å²) in [6.07, 6.45) is 4.08. The minimum Gasteiger partial charge on any atom is -0.354 e. The van der Waals surface area contributed by atoms with Gasteiger partial charge in [-0.25, -0.2) is 0 Å². The Kier molecular flexibility index (Phi) is 5.02. The molecule has 1 aromatic rings. The molecule has 1 atom stereocenters. The molecule has 1 unspecified atom stereocenters. The lowest BCUT2D eigenvalue weighted by Gasteiger charge is -2.22. The van der Waals surface area contributed by atoms with E-state index in [1.54, 1.807) is 0 Å². The second-order valence-corrected chi connectivity index (χ2v) is 5.11. The van der Waals surface area contributed by atoms with Crippen molar-refractivity contribution in [3.05, 3.63) is 34.9 Å². The molecule has 0 radical (unpaired) electrons. The molecule has 3 nitrogen and oxygen atoms in total. The van der Waals surface area contributed by atoms with Gasteiger partial charge in [0.05, 0.1) is 6.04 Å². The third kappa shape index (κ3) is 4.00. The maximum atomic E-state index is 11.9. The van der Waals surface area contributed by atoms with E-state index < -0.39 is 0 Å². The smallest absolute Gasteiger partial charge is 0.237 e. The molecular weight excluding hydrogens is 248 g/mol. The van der Waals surface area contributed by atoms with Gasteiger partial charge in [-0.2, -0.15) is 0 Å². The molecule has 0 aromatic heterocycles. The van der Waals surface area contributed by atoms with Gasteiger partial charge in [0, 0.05) is 11.6 Å². The molecular formula is C14H19ClN2O. The van der Waals surface area contributed by atoms with Crippen molar-refractivity contribution in [2.24, 2.45) is 0 Å². The van der Waals surface area contributed by atoms with E-state index in [9.17, 15) is 4.79 Å². The number of halogens is 1. The first-order valence-corrected chi connectivity index (χ1v) is 6.89. The zero-order valence-electron chi connectivity index (χ0n) is 10.4. The zero-order valence-corrected chi connectivity index (χ0v) is 11.2. The predicted octanol–water partition coefficient (Wildman–Crippen LogP) is 2.14. The van der Waals surface area contributed by atoms with E-state index >= 15 is 0 Å². The maximum absolute atomic E-state index is 11.9. The second-order valence-electron chi connectivity index (χ2n) is 4.67. The molecule has 1 aromatic carbocycles. The van der Waals surface area contributed by atoms with Crippen LogP contribution in [0, 0.1) is 0 Å². The standard InChI is InChI=1S/C14H19ClN2O/c15-12-5-3-4-11(10-12)7-9-17-14(18)13-6-1-2-8-16-13/h3-5,10,13,16H,1-2,6-9H2,(H,17,18). The van der Waals surface area contributed by atoms with Crippen LogP contribution >= 0.6 is 11.6 Å². The van der Waals surface area contributed by atoms with Gasteiger partial charge in [0.15, 0.2) is 0 Å². The van der Waals surface area contributed by atoms with Crippen LogP contribution < -0.4 is 10.6 Å². The van der Waals surface area contributed by atoms with Crippen LogP contribution in [0.3, 0.4) is 0 Å². The van der Waals surface area contributed by atoms with Crippen molar-refractivity contribution in [1.29, 1.82) is 0 Å². The quantitative estimate of drug-likeness (QED) is 0.877. The molecule has 1 aliphatic heterocycles. The van der Waals surface area contributed by atoms with Crippen LogP contribution in [0.4, 0.5) is 0 Å². The lowest BCUT2D eigenvalue weighted by molar-refractivity contribution is -0.123. The van der Waals surface area contributed by atoms with Crippen molar-refractivity contribution < 1.29 is 4.79 Å². The van der Waals surface area contributed by atoms with Gasteiger partial charge < -0.3 is 10.6 Å². The summed E-state index contributed by atoms with van der Waals surface area (Å²) in [4.78, 5) is 11.9. The molecule has 98 valence electrons. The summed E-state index contributed by atoms with van der Waals surface area (Å²) in [5.41, 5.74) is 1.15. The monoisotopic (exact) mass is 266 g/mol.